The molecule has 7 N–H and O–H groups in total. The summed E-state index contributed by atoms with van der Waals surface area (Å²) >= 11 is 0. The molecule has 0 radical (unpaired) electrons. The van der Waals surface area contributed by atoms with Crippen molar-refractivity contribution in [2.24, 2.45) is 0 Å². The van der Waals surface area contributed by atoms with Crippen molar-refractivity contribution in [3.63, 3.8) is 0 Å². The van der Waals surface area contributed by atoms with Crippen LogP contribution in [0.3, 0.4) is 0 Å². The average Bonchev–Trinajstić information content (AvgIpc) is 2.53. The molecule has 0 spiro atoms. The van der Waals surface area contributed by atoms with E-state index in [0.717, 1.165) is 6.92 Å². The lowest BCUT2D eigenvalue weighted by Crippen LogP contribution is -2.68. The standard InChI is InChI=1S/C13H21NO11/c1-5(17)24-10(7(19)3-15)11-9(14-8(20)4-16)6(18)2-13(23,25-11)12(21)22/h6-7,9-11,15-16,18-19,23H,2-4H2,1H3,(H,14,20)(H,21,22)/t6-,7+,9+,10+,11+,13?/m0/s1. The number of carbonyl (C=O) groups excluding carboxylic acids is 2. The summed E-state index contributed by atoms with van der Waals surface area (Å²) in [5.74, 6) is -6.66. The molecule has 1 fully saturated rings. The van der Waals surface area contributed by atoms with Crippen molar-refractivity contribution in [1.82, 2.24) is 5.32 Å². The number of aliphatic hydroxyl groups excluding tert-OH is 4. The van der Waals surface area contributed by atoms with Crippen molar-refractivity contribution in [3.05, 3.63) is 0 Å². The molecule has 1 saturated heterocycles. The van der Waals surface area contributed by atoms with Crippen molar-refractivity contribution in [3.8, 4) is 0 Å². The fourth-order valence-electron chi connectivity index (χ4n) is 2.46. The second-order valence-electron chi connectivity index (χ2n) is 5.52. The Morgan fingerprint density at radius 2 is 1.96 bits per heavy atom. The van der Waals surface area contributed by atoms with E-state index in [1.807, 2.05) is 0 Å². The van der Waals surface area contributed by atoms with E-state index in [9.17, 15) is 29.7 Å². The van der Waals surface area contributed by atoms with Crippen molar-refractivity contribution >= 4 is 17.8 Å². The zero-order valence-corrected chi connectivity index (χ0v) is 13.2. The van der Waals surface area contributed by atoms with Gasteiger partial charge in [-0.15, -0.1) is 0 Å². The normalized spacial score (nSPS) is 31.7. The van der Waals surface area contributed by atoms with Crippen LogP contribution in [0.5, 0.6) is 0 Å². The third kappa shape index (κ3) is 5.07. The largest absolute Gasteiger partial charge is 0.477 e. The van der Waals surface area contributed by atoms with Gasteiger partial charge >= 0.3 is 11.9 Å². The number of amides is 1. The van der Waals surface area contributed by atoms with E-state index in [1.54, 1.807) is 0 Å². The first-order valence-corrected chi connectivity index (χ1v) is 7.23. The topological polar surface area (TPSA) is 203 Å². The summed E-state index contributed by atoms with van der Waals surface area (Å²) in [5.41, 5.74) is 0. The fraction of sp³-hybridized carbons (Fsp3) is 0.769. The van der Waals surface area contributed by atoms with Gasteiger partial charge in [0.25, 0.3) is 5.79 Å². The number of aliphatic hydroxyl groups is 5. The van der Waals surface area contributed by atoms with Crippen LogP contribution in [0, 0.1) is 0 Å². The molecule has 1 rings (SSSR count). The van der Waals surface area contributed by atoms with Crippen LogP contribution in [-0.2, 0) is 23.9 Å². The highest BCUT2D eigenvalue weighted by atomic mass is 16.7. The Bertz CT molecular complexity index is 512. The summed E-state index contributed by atoms with van der Waals surface area (Å²) in [6.45, 7) is -0.943. The second kappa shape index (κ2) is 8.51. The highest BCUT2D eigenvalue weighted by Gasteiger charge is 2.55. The maximum absolute atomic E-state index is 11.4. The van der Waals surface area contributed by atoms with Crippen molar-refractivity contribution in [2.75, 3.05) is 13.2 Å². The van der Waals surface area contributed by atoms with Gasteiger partial charge in [0.2, 0.25) is 5.91 Å². The van der Waals surface area contributed by atoms with Gasteiger partial charge in [-0.3, -0.25) is 9.59 Å². The molecule has 25 heavy (non-hydrogen) atoms. The lowest BCUT2D eigenvalue weighted by Gasteiger charge is -2.45. The number of nitrogens with one attached hydrogen (secondary N) is 1. The van der Waals surface area contributed by atoms with E-state index in [-0.39, 0.29) is 0 Å². The van der Waals surface area contributed by atoms with Gasteiger partial charge in [0.15, 0.2) is 6.10 Å². The molecule has 1 amide bonds. The first-order valence-electron chi connectivity index (χ1n) is 7.23. The van der Waals surface area contributed by atoms with Crippen molar-refractivity contribution < 1.29 is 54.5 Å². The molecular formula is C13H21NO11. The predicted molar refractivity (Wildman–Crippen MR) is 75.7 cm³/mol. The Morgan fingerprint density at radius 3 is 2.40 bits per heavy atom. The summed E-state index contributed by atoms with van der Waals surface area (Å²) in [6, 6.07) is -1.45. The highest BCUT2D eigenvalue weighted by Crippen LogP contribution is 2.31. The van der Waals surface area contributed by atoms with Crippen LogP contribution < -0.4 is 5.32 Å². The summed E-state index contributed by atoms with van der Waals surface area (Å²) in [5, 5.41) is 59.1. The molecule has 0 aromatic heterocycles. The van der Waals surface area contributed by atoms with E-state index >= 15 is 0 Å². The Labute approximate surface area is 141 Å². The lowest BCUT2D eigenvalue weighted by molar-refractivity contribution is -0.296. The molecule has 0 bridgehead atoms. The molecule has 1 unspecified atom stereocenters. The van der Waals surface area contributed by atoms with Crippen LogP contribution in [0.25, 0.3) is 0 Å². The number of ether oxygens (including phenoxy) is 2. The molecule has 6 atom stereocenters. The number of hydrogen-bond donors (Lipinski definition) is 7. The summed E-state index contributed by atoms with van der Waals surface area (Å²) in [4.78, 5) is 33.9. The minimum absolute atomic E-state index is 0.850. The summed E-state index contributed by atoms with van der Waals surface area (Å²) in [6.07, 6.45) is -7.79. The van der Waals surface area contributed by atoms with E-state index < -0.39 is 73.7 Å². The third-order valence-corrected chi connectivity index (χ3v) is 3.58. The third-order valence-electron chi connectivity index (χ3n) is 3.58. The molecule has 0 aromatic carbocycles. The maximum atomic E-state index is 11.4. The van der Waals surface area contributed by atoms with Gasteiger partial charge in [-0.2, -0.15) is 0 Å². The van der Waals surface area contributed by atoms with Gasteiger partial charge in [-0.25, -0.2) is 4.79 Å². The van der Waals surface area contributed by atoms with Gasteiger partial charge in [0.1, 0.15) is 18.8 Å². The zero-order valence-electron chi connectivity index (χ0n) is 13.2. The Morgan fingerprint density at radius 1 is 1.36 bits per heavy atom. The Kier molecular flexibility index (Phi) is 7.22. The first kappa shape index (κ1) is 21.2. The molecule has 0 saturated carbocycles. The molecule has 0 aliphatic carbocycles. The monoisotopic (exact) mass is 367 g/mol. The van der Waals surface area contributed by atoms with Crippen LogP contribution in [0.15, 0.2) is 0 Å². The molecule has 12 heteroatoms. The van der Waals surface area contributed by atoms with Gasteiger partial charge in [-0.1, -0.05) is 0 Å². The van der Waals surface area contributed by atoms with Crippen LogP contribution in [0.2, 0.25) is 0 Å². The van der Waals surface area contributed by atoms with Crippen LogP contribution in [0.4, 0.5) is 0 Å². The predicted octanol–water partition coefficient (Wildman–Crippen LogP) is -4.33. The van der Waals surface area contributed by atoms with Crippen molar-refractivity contribution in [1.29, 1.82) is 0 Å². The number of hydrogen-bond acceptors (Lipinski definition) is 10. The number of rotatable bonds is 7. The Hall–Kier alpha value is -1.83. The van der Waals surface area contributed by atoms with Gasteiger partial charge < -0.3 is 45.4 Å². The number of carboxylic acids is 1. The molecule has 1 aliphatic rings. The average molecular weight is 367 g/mol. The van der Waals surface area contributed by atoms with Crippen LogP contribution in [-0.4, -0.2) is 97.9 Å². The Balaban J connectivity index is 3.26. The highest BCUT2D eigenvalue weighted by molar-refractivity contribution is 5.78. The maximum Gasteiger partial charge on any atom is 0.364 e. The van der Waals surface area contributed by atoms with Gasteiger partial charge in [0.05, 0.1) is 18.8 Å². The van der Waals surface area contributed by atoms with E-state index in [0.29, 0.717) is 0 Å². The van der Waals surface area contributed by atoms with E-state index in [2.05, 4.69) is 5.32 Å². The zero-order chi connectivity index (χ0) is 19.4. The number of aliphatic carboxylic acids is 1. The molecule has 12 nitrogen and oxygen atoms in total. The molecular weight excluding hydrogens is 346 g/mol. The fourth-order valence-corrected chi connectivity index (χ4v) is 2.46. The minimum atomic E-state index is -2.89. The smallest absolute Gasteiger partial charge is 0.364 e. The number of carbonyl (C=O) groups is 3. The van der Waals surface area contributed by atoms with Crippen molar-refractivity contribution in [2.45, 2.75) is 49.6 Å². The number of esters is 1. The van der Waals surface area contributed by atoms with E-state index in [1.165, 1.54) is 0 Å². The van der Waals surface area contributed by atoms with Gasteiger partial charge in [-0.05, 0) is 0 Å². The van der Waals surface area contributed by atoms with Crippen LogP contribution in [0.1, 0.15) is 13.3 Å². The van der Waals surface area contributed by atoms with Crippen LogP contribution >= 0.6 is 0 Å². The summed E-state index contributed by atoms with van der Waals surface area (Å²) < 4.78 is 9.81. The molecule has 1 heterocycles. The quantitative estimate of drug-likeness (QED) is 0.214. The first-order chi connectivity index (χ1) is 11.6. The second-order valence-corrected chi connectivity index (χ2v) is 5.52. The molecule has 144 valence electrons. The molecule has 1 aliphatic heterocycles. The lowest BCUT2D eigenvalue weighted by atomic mass is 9.88. The SMILES string of the molecule is CC(=O)O[C@@H]([C@@H]1OC(O)(C(=O)O)C[C@H](O)[C@H]1NC(=O)CO)[C@H](O)CO. The summed E-state index contributed by atoms with van der Waals surface area (Å²) in [7, 11) is 0. The molecule has 0 aromatic rings. The minimum Gasteiger partial charge on any atom is -0.477 e. The van der Waals surface area contributed by atoms with Gasteiger partial charge in [0, 0.05) is 13.3 Å². The van der Waals surface area contributed by atoms with E-state index in [4.69, 9.17) is 24.8 Å². The number of carboxylic acid groups (broad SMARTS) is 1.